The van der Waals surface area contributed by atoms with Gasteiger partial charge in [0.1, 0.15) is 11.4 Å². The van der Waals surface area contributed by atoms with Gasteiger partial charge in [0.05, 0.1) is 0 Å². The average molecular weight is 236 g/mol. The van der Waals surface area contributed by atoms with Crippen LogP contribution in [0, 0.1) is 11.8 Å². The smallest absolute Gasteiger partial charge is 0.140 e. The van der Waals surface area contributed by atoms with E-state index in [2.05, 4.69) is 30.3 Å². The number of imidazole rings is 1. The monoisotopic (exact) mass is 236 g/mol. The van der Waals surface area contributed by atoms with E-state index in [0.29, 0.717) is 11.8 Å². The van der Waals surface area contributed by atoms with E-state index in [1.165, 1.54) is 6.42 Å². The van der Waals surface area contributed by atoms with Gasteiger partial charge in [0.15, 0.2) is 0 Å². The first-order valence-corrected chi connectivity index (χ1v) is 6.81. The zero-order valence-corrected chi connectivity index (χ0v) is 11.2. The molecule has 3 heteroatoms. The van der Waals surface area contributed by atoms with Crippen molar-refractivity contribution in [2.24, 2.45) is 11.8 Å². The Balaban J connectivity index is 2.23. The number of aromatic nitrogens is 2. The summed E-state index contributed by atoms with van der Waals surface area (Å²) in [4.78, 5) is 4.39. The molecule has 1 aromatic heterocycles. The lowest BCUT2D eigenvalue weighted by molar-refractivity contribution is -0.0392. The SMILES string of the molecule is CCn1ccnc1C1(O)CCCC(C(C)C)C1. The topological polar surface area (TPSA) is 38.0 Å². The van der Waals surface area contributed by atoms with E-state index in [-0.39, 0.29) is 0 Å². The summed E-state index contributed by atoms with van der Waals surface area (Å²) < 4.78 is 2.07. The predicted molar refractivity (Wildman–Crippen MR) is 68.6 cm³/mol. The van der Waals surface area contributed by atoms with Crippen molar-refractivity contribution in [1.82, 2.24) is 9.55 Å². The van der Waals surface area contributed by atoms with E-state index in [9.17, 15) is 5.11 Å². The number of aryl methyl sites for hydroxylation is 1. The highest BCUT2D eigenvalue weighted by molar-refractivity contribution is 5.07. The van der Waals surface area contributed by atoms with Crippen LogP contribution in [0.15, 0.2) is 12.4 Å². The Morgan fingerprint density at radius 2 is 2.35 bits per heavy atom. The highest BCUT2D eigenvalue weighted by Crippen LogP contribution is 2.41. The molecule has 1 aliphatic carbocycles. The summed E-state index contributed by atoms with van der Waals surface area (Å²) in [6.45, 7) is 7.48. The summed E-state index contributed by atoms with van der Waals surface area (Å²) >= 11 is 0. The van der Waals surface area contributed by atoms with Crippen molar-refractivity contribution in [2.45, 2.75) is 58.6 Å². The first-order chi connectivity index (χ1) is 8.07. The molecule has 3 nitrogen and oxygen atoms in total. The minimum atomic E-state index is -0.702. The summed E-state index contributed by atoms with van der Waals surface area (Å²) in [6, 6.07) is 0. The zero-order chi connectivity index (χ0) is 12.5. The highest BCUT2D eigenvalue weighted by Gasteiger charge is 2.39. The van der Waals surface area contributed by atoms with Crippen LogP contribution >= 0.6 is 0 Å². The second-order valence-corrected chi connectivity index (χ2v) is 5.67. The maximum atomic E-state index is 10.9. The highest BCUT2D eigenvalue weighted by atomic mass is 16.3. The standard InChI is InChI=1S/C14H24N2O/c1-4-16-9-8-15-13(16)14(17)7-5-6-12(10-14)11(2)3/h8-9,11-12,17H,4-7,10H2,1-3H3. The fourth-order valence-electron chi connectivity index (χ4n) is 3.04. The Morgan fingerprint density at radius 1 is 1.59 bits per heavy atom. The molecule has 0 bridgehead atoms. The summed E-state index contributed by atoms with van der Waals surface area (Å²) in [5.41, 5.74) is -0.702. The molecule has 0 amide bonds. The Labute approximate surface area is 104 Å². The summed E-state index contributed by atoms with van der Waals surface area (Å²) in [6.07, 6.45) is 7.83. The van der Waals surface area contributed by atoms with Gasteiger partial charge >= 0.3 is 0 Å². The lowest BCUT2D eigenvalue weighted by Crippen LogP contribution is -2.37. The van der Waals surface area contributed by atoms with Crippen molar-refractivity contribution in [2.75, 3.05) is 0 Å². The third kappa shape index (κ3) is 2.39. The minimum Gasteiger partial charge on any atom is -0.382 e. The molecule has 0 radical (unpaired) electrons. The molecule has 2 rings (SSSR count). The molecule has 1 heterocycles. The fraction of sp³-hybridized carbons (Fsp3) is 0.786. The molecule has 0 spiro atoms. The van der Waals surface area contributed by atoms with Crippen molar-refractivity contribution >= 4 is 0 Å². The van der Waals surface area contributed by atoms with E-state index in [1.807, 2.05) is 6.20 Å². The van der Waals surface area contributed by atoms with E-state index in [0.717, 1.165) is 31.6 Å². The normalized spacial score (nSPS) is 29.8. The first-order valence-electron chi connectivity index (χ1n) is 6.81. The van der Waals surface area contributed by atoms with Crippen LogP contribution in [0.5, 0.6) is 0 Å². The quantitative estimate of drug-likeness (QED) is 0.876. The lowest BCUT2D eigenvalue weighted by atomic mass is 9.73. The zero-order valence-electron chi connectivity index (χ0n) is 11.2. The molecular weight excluding hydrogens is 212 g/mol. The van der Waals surface area contributed by atoms with Crippen LogP contribution in [-0.4, -0.2) is 14.7 Å². The Kier molecular flexibility index (Phi) is 3.57. The number of hydrogen-bond donors (Lipinski definition) is 1. The number of nitrogens with zero attached hydrogens (tertiary/aromatic N) is 2. The van der Waals surface area contributed by atoms with Crippen LogP contribution in [0.1, 0.15) is 52.3 Å². The molecule has 1 fully saturated rings. The summed E-state index contributed by atoms with van der Waals surface area (Å²) in [7, 11) is 0. The molecule has 2 unspecified atom stereocenters. The van der Waals surface area contributed by atoms with Crippen LogP contribution in [0.4, 0.5) is 0 Å². The van der Waals surface area contributed by atoms with Crippen molar-refractivity contribution in [3.8, 4) is 0 Å². The molecule has 1 saturated carbocycles. The number of hydrogen-bond acceptors (Lipinski definition) is 2. The third-order valence-corrected chi connectivity index (χ3v) is 4.18. The average Bonchev–Trinajstić information content (AvgIpc) is 2.77. The van der Waals surface area contributed by atoms with Gasteiger partial charge in [-0.1, -0.05) is 13.8 Å². The Morgan fingerprint density at radius 3 is 3.00 bits per heavy atom. The molecule has 0 saturated heterocycles. The fourth-order valence-corrected chi connectivity index (χ4v) is 3.04. The molecule has 96 valence electrons. The van der Waals surface area contributed by atoms with Gasteiger partial charge in [0, 0.05) is 18.9 Å². The van der Waals surface area contributed by atoms with Gasteiger partial charge in [-0.3, -0.25) is 0 Å². The second kappa shape index (κ2) is 4.81. The van der Waals surface area contributed by atoms with Crippen LogP contribution in [0.2, 0.25) is 0 Å². The van der Waals surface area contributed by atoms with Crippen LogP contribution < -0.4 is 0 Å². The number of aliphatic hydroxyl groups is 1. The van der Waals surface area contributed by atoms with Gasteiger partial charge < -0.3 is 9.67 Å². The minimum absolute atomic E-state index is 0.621. The molecular formula is C14H24N2O. The van der Waals surface area contributed by atoms with Crippen molar-refractivity contribution in [3.05, 3.63) is 18.2 Å². The van der Waals surface area contributed by atoms with Gasteiger partial charge in [-0.2, -0.15) is 0 Å². The largest absolute Gasteiger partial charge is 0.382 e. The Bertz CT molecular complexity index is 372. The van der Waals surface area contributed by atoms with Gasteiger partial charge in [-0.15, -0.1) is 0 Å². The first kappa shape index (κ1) is 12.6. The summed E-state index contributed by atoms with van der Waals surface area (Å²) in [5, 5.41) is 10.9. The maximum absolute atomic E-state index is 10.9. The molecule has 1 N–H and O–H groups in total. The predicted octanol–water partition coefficient (Wildman–Crippen LogP) is 2.94. The van der Waals surface area contributed by atoms with Gasteiger partial charge in [-0.25, -0.2) is 4.98 Å². The molecule has 17 heavy (non-hydrogen) atoms. The van der Waals surface area contributed by atoms with E-state index < -0.39 is 5.60 Å². The van der Waals surface area contributed by atoms with E-state index in [1.54, 1.807) is 6.20 Å². The maximum Gasteiger partial charge on any atom is 0.140 e. The summed E-state index contributed by atoms with van der Waals surface area (Å²) in [5.74, 6) is 2.13. The molecule has 1 aromatic rings. The van der Waals surface area contributed by atoms with Crippen molar-refractivity contribution in [3.63, 3.8) is 0 Å². The van der Waals surface area contributed by atoms with Crippen molar-refractivity contribution < 1.29 is 5.11 Å². The number of rotatable bonds is 3. The van der Waals surface area contributed by atoms with Crippen LogP contribution in [0.25, 0.3) is 0 Å². The van der Waals surface area contributed by atoms with Gasteiger partial charge in [-0.05, 0) is 44.4 Å². The van der Waals surface area contributed by atoms with Crippen LogP contribution in [0.3, 0.4) is 0 Å². The Hall–Kier alpha value is -0.830. The molecule has 0 aliphatic heterocycles. The second-order valence-electron chi connectivity index (χ2n) is 5.67. The van der Waals surface area contributed by atoms with Crippen molar-refractivity contribution in [1.29, 1.82) is 0 Å². The molecule has 1 aliphatic rings. The molecule has 0 aromatic carbocycles. The van der Waals surface area contributed by atoms with Gasteiger partial charge in [0.2, 0.25) is 0 Å². The lowest BCUT2D eigenvalue weighted by Gasteiger charge is -2.38. The van der Waals surface area contributed by atoms with Crippen LogP contribution in [-0.2, 0) is 12.1 Å². The van der Waals surface area contributed by atoms with Gasteiger partial charge in [0.25, 0.3) is 0 Å². The van der Waals surface area contributed by atoms with E-state index in [4.69, 9.17) is 0 Å². The third-order valence-electron chi connectivity index (χ3n) is 4.18. The van der Waals surface area contributed by atoms with E-state index >= 15 is 0 Å². The molecule has 2 atom stereocenters.